The van der Waals surface area contributed by atoms with Crippen LogP contribution in [0.25, 0.3) is 11.0 Å². The molecule has 0 bridgehead atoms. The monoisotopic (exact) mass is 242 g/mol. The molecule has 1 heterocycles. The minimum atomic E-state index is -0.419. The van der Waals surface area contributed by atoms with Crippen molar-refractivity contribution in [1.82, 2.24) is 5.16 Å². The standard InChI is InChI=1S/C14H14N2O2/c1-10-13-11(5-4-6-12(13)18-16-10)14(15-9-17)7-2-3-8-14/h4-6H,2-3,7-8H2,1H3. The topological polar surface area (TPSA) is 55.5 Å². The third-order valence-electron chi connectivity index (χ3n) is 3.86. The van der Waals surface area contributed by atoms with E-state index in [0.29, 0.717) is 0 Å². The van der Waals surface area contributed by atoms with Crippen molar-refractivity contribution in [2.24, 2.45) is 4.99 Å². The van der Waals surface area contributed by atoms with Crippen LogP contribution in [-0.2, 0) is 10.3 Å². The molecule has 1 aromatic heterocycles. The fraction of sp³-hybridized carbons (Fsp3) is 0.429. The lowest BCUT2D eigenvalue weighted by atomic mass is 9.86. The van der Waals surface area contributed by atoms with Crippen LogP contribution in [0.2, 0.25) is 0 Å². The average Bonchev–Trinajstić information content (AvgIpc) is 2.98. The number of aromatic nitrogens is 1. The van der Waals surface area contributed by atoms with E-state index in [1.54, 1.807) is 6.08 Å². The molecule has 0 radical (unpaired) electrons. The van der Waals surface area contributed by atoms with E-state index < -0.39 is 5.54 Å². The van der Waals surface area contributed by atoms with Crippen LogP contribution in [0.15, 0.2) is 27.7 Å². The van der Waals surface area contributed by atoms with E-state index in [1.807, 2.05) is 25.1 Å². The molecule has 18 heavy (non-hydrogen) atoms. The smallest absolute Gasteiger partial charge is 0.235 e. The van der Waals surface area contributed by atoms with Gasteiger partial charge in [0.1, 0.15) is 0 Å². The minimum absolute atomic E-state index is 0.419. The van der Waals surface area contributed by atoms with E-state index in [2.05, 4.69) is 10.1 Å². The molecule has 1 aromatic carbocycles. The maximum Gasteiger partial charge on any atom is 0.235 e. The largest absolute Gasteiger partial charge is 0.356 e. The van der Waals surface area contributed by atoms with E-state index in [0.717, 1.165) is 47.9 Å². The first-order chi connectivity index (χ1) is 8.77. The molecule has 1 fully saturated rings. The van der Waals surface area contributed by atoms with Crippen molar-refractivity contribution < 1.29 is 9.32 Å². The van der Waals surface area contributed by atoms with Gasteiger partial charge in [0.15, 0.2) is 5.58 Å². The van der Waals surface area contributed by atoms with Crippen LogP contribution in [0.3, 0.4) is 0 Å². The zero-order chi connectivity index (χ0) is 12.6. The summed E-state index contributed by atoms with van der Waals surface area (Å²) in [5, 5.41) is 5.00. The number of benzene rings is 1. The van der Waals surface area contributed by atoms with Gasteiger partial charge in [-0.15, -0.1) is 0 Å². The highest BCUT2D eigenvalue weighted by atomic mass is 16.5. The molecule has 1 aliphatic carbocycles. The summed E-state index contributed by atoms with van der Waals surface area (Å²) in [7, 11) is 0. The molecule has 1 saturated carbocycles. The third-order valence-corrected chi connectivity index (χ3v) is 3.86. The van der Waals surface area contributed by atoms with E-state index in [9.17, 15) is 4.79 Å². The normalized spacial score (nSPS) is 17.8. The van der Waals surface area contributed by atoms with Crippen molar-refractivity contribution in [2.45, 2.75) is 38.1 Å². The zero-order valence-corrected chi connectivity index (χ0v) is 10.3. The van der Waals surface area contributed by atoms with Gasteiger partial charge in [-0.3, -0.25) is 0 Å². The second-order valence-electron chi connectivity index (χ2n) is 4.89. The highest BCUT2D eigenvalue weighted by Gasteiger charge is 2.37. The number of carbonyl (C=O) groups excluding carboxylic acids is 1. The van der Waals surface area contributed by atoms with Gasteiger partial charge >= 0.3 is 0 Å². The van der Waals surface area contributed by atoms with Gasteiger partial charge in [-0.1, -0.05) is 30.1 Å². The Kier molecular flexibility index (Phi) is 2.53. The summed E-state index contributed by atoms with van der Waals surface area (Å²) in [4.78, 5) is 14.9. The number of aliphatic imine (C=N–C) groups is 1. The first-order valence-electron chi connectivity index (χ1n) is 6.21. The van der Waals surface area contributed by atoms with E-state index >= 15 is 0 Å². The lowest BCUT2D eigenvalue weighted by molar-refractivity contribution is 0.449. The lowest BCUT2D eigenvalue weighted by Crippen LogP contribution is -2.19. The van der Waals surface area contributed by atoms with E-state index in [-0.39, 0.29) is 0 Å². The summed E-state index contributed by atoms with van der Waals surface area (Å²) in [6, 6.07) is 5.85. The molecule has 1 aliphatic rings. The van der Waals surface area contributed by atoms with Crippen LogP contribution in [0.4, 0.5) is 0 Å². The molecular formula is C14H14N2O2. The van der Waals surface area contributed by atoms with E-state index in [4.69, 9.17) is 4.52 Å². The van der Waals surface area contributed by atoms with Crippen LogP contribution in [-0.4, -0.2) is 11.2 Å². The Morgan fingerprint density at radius 2 is 2.17 bits per heavy atom. The Bertz CT molecular complexity index is 632. The number of nitrogens with zero attached hydrogens (tertiary/aromatic N) is 2. The van der Waals surface area contributed by atoms with Crippen LogP contribution < -0.4 is 0 Å². The molecular weight excluding hydrogens is 228 g/mol. The second-order valence-corrected chi connectivity index (χ2v) is 4.89. The SMILES string of the molecule is Cc1noc2cccc(C3(N=C=O)CCCC3)c12. The van der Waals surface area contributed by atoms with Gasteiger partial charge in [0.05, 0.1) is 16.6 Å². The molecule has 0 saturated heterocycles. The first kappa shape index (κ1) is 11.2. The van der Waals surface area contributed by atoms with Gasteiger partial charge in [0.2, 0.25) is 6.08 Å². The maximum atomic E-state index is 10.8. The highest BCUT2D eigenvalue weighted by molar-refractivity contribution is 5.84. The molecule has 4 heteroatoms. The summed E-state index contributed by atoms with van der Waals surface area (Å²) in [5.74, 6) is 0. The van der Waals surface area contributed by atoms with Crippen molar-refractivity contribution in [3.63, 3.8) is 0 Å². The van der Waals surface area contributed by atoms with Crippen LogP contribution in [0.1, 0.15) is 36.9 Å². The van der Waals surface area contributed by atoms with Crippen molar-refractivity contribution in [3.05, 3.63) is 29.5 Å². The fourth-order valence-corrected chi connectivity index (χ4v) is 3.02. The van der Waals surface area contributed by atoms with Crippen molar-refractivity contribution in [1.29, 1.82) is 0 Å². The van der Waals surface area contributed by atoms with Gasteiger partial charge in [-0.05, 0) is 31.4 Å². The van der Waals surface area contributed by atoms with Crippen LogP contribution in [0.5, 0.6) is 0 Å². The first-order valence-corrected chi connectivity index (χ1v) is 6.21. The number of hydrogen-bond donors (Lipinski definition) is 0. The Balaban J connectivity index is 2.29. The zero-order valence-electron chi connectivity index (χ0n) is 10.3. The number of fused-ring (bicyclic) bond motifs is 1. The average molecular weight is 242 g/mol. The quantitative estimate of drug-likeness (QED) is 0.600. The summed E-state index contributed by atoms with van der Waals surface area (Å²) in [5.41, 5.74) is 2.25. The summed E-state index contributed by atoms with van der Waals surface area (Å²) >= 11 is 0. The van der Waals surface area contributed by atoms with E-state index in [1.165, 1.54) is 0 Å². The molecule has 92 valence electrons. The maximum absolute atomic E-state index is 10.8. The molecule has 3 rings (SSSR count). The van der Waals surface area contributed by atoms with Crippen molar-refractivity contribution in [3.8, 4) is 0 Å². The number of hydrogen-bond acceptors (Lipinski definition) is 4. The second kappa shape index (κ2) is 4.07. The Labute approximate surface area is 105 Å². The van der Waals surface area contributed by atoms with Crippen LogP contribution >= 0.6 is 0 Å². The lowest BCUT2D eigenvalue weighted by Gasteiger charge is -2.23. The number of isocyanates is 1. The van der Waals surface area contributed by atoms with Crippen molar-refractivity contribution >= 4 is 17.0 Å². The Morgan fingerprint density at radius 3 is 2.89 bits per heavy atom. The Hall–Kier alpha value is -1.93. The Morgan fingerprint density at radius 1 is 1.39 bits per heavy atom. The van der Waals surface area contributed by atoms with Gasteiger partial charge < -0.3 is 4.52 Å². The predicted octanol–water partition coefficient (Wildman–Crippen LogP) is 3.24. The van der Waals surface area contributed by atoms with Crippen molar-refractivity contribution in [2.75, 3.05) is 0 Å². The molecule has 0 amide bonds. The fourth-order valence-electron chi connectivity index (χ4n) is 3.02. The molecule has 2 aromatic rings. The summed E-state index contributed by atoms with van der Waals surface area (Å²) in [6.45, 7) is 1.92. The molecule has 0 atom stereocenters. The number of rotatable bonds is 2. The molecule has 0 aliphatic heterocycles. The highest BCUT2D eigenvalue weighted by Crippen LogP contribution is 2.45. The molecule has 0 N–H and O–H groups in total. The van der Waals surface area contributed by atoms with Gasteiger partial charge in [-0.2, -0.15) is 4.99 Å². The minimum Gasteiger partial charge on any atom is -0.356 e. The summed E-state index contributed by atoms with van der Waals surface area (Å²) < 4.78 is 5.28. The van der Waals surface area contributed by atoms with Gasteiger partial charge in [0.25, 0.3) is 0 Å². The number of aryl methyl sites for hydroxylation is 1. The van der Waals surface area contributed by atoms with Gasteiger partial charge in [0, 0.05) is 0 Å². The van der Waals surface area contributed by atoms with Crippen LogP contribution in [0, 0.1) is 6.92 Å². The predicted molar refractivity (Wildman–Crippen MR) is 67.0 cm³/mol. The summed E-state index contributed by atoms with van der Waals surface area (Å²) in [6.07, 6.45) is 5.72. The molecule has 4 nitrogen and oxygen atoms in total. The van der Waals surface area contributed by atoms with Gasteiger partial charge in [-0.25, -0.2) is 4.79 Å². The third kappa shape index (κ3) is 1.50. The molecule has 0 spiro atoms. The molecule has 0 unspecified atom stereocenters.